The molecule has 5 nitrogen and oxygen atoms in total. The van der Waals surface area contributed by atoms with Gasteiger partial charge in [-0.3, -0.25) is 0 Å². The topological polar surface area (TPSA) is 64.7 Å². The minimum Gasteiger partial charge on any atom is -0.435 e. The van der Waals surface area contributed by atoms with Gasteiger partial charge in [-0.05, 0) is 53.6 Å². The Morgan fingerprint density at radius 1 is 0.396 bits per heavy atom. The number of nitrogens with zero attached hydrogens (tertiary/aromatic N) is 4. The van der Waals surface area contributed by atoms with E-state index in [2.05, 4.69) is 121 Å². The van der Waals surface area contributed by atoms with E-state index in [1.165, 1.54) is 25.7 Å². The summed E-state index contributed by atoms with van der Waals surface area (Å²) in [4.78, 5) is 20.1. The summed E-state index contributed by atoms with van der Waals surface area (Å²) in [6.45, 7) is 0. The van der Waals surface area contributed by atoms with Crippen LogP contribution in [0.3, 0.4) is 0 Å². The van der Waals surface area contributed by atoms with Gasteiger partial charge in [0.25, 0.3) is 0 Å². The number of hydrogen-bond acceptors (Lipinski definition) is 7. The second-order valence-corrected chi connectivity index (χ2v) is 15.2. The van der Waals surface area contributed by atoms with E-state index in [1.54, 1.807) is 22.7 Å². The predicted molar refractivity (Wildman–Crippen MR) is 220 cm³/mol. The molecule has 0 amide bonds. The molecule has 0 aliphatic carbocycles. The lowest BCUT2D eigenvalue weighted by molar-refractivity contribution is 0.624. The minimum absolute atomic E-state index is 0.615. The van der Waals surface area contributed by atoms with E-state index in [9.17, 15) is 0 Å². The molecule has 0 aliphatic rings. The van der Waals surface area contributed by atoms with E-state index >= 15 is 0 Å². The molecule has 0 bridgehead atoms. The molecule has 0 unspecified atom stereocenters. The smallest absolute Gasteiger partial charge is 0.228 e. The first-order valence-electron chi connectivity index (χ1n) is 17.4. The summed E-state index contributed by atoms with van der Waals surface area (Å²) in [5, 5.41) is 4.62. The third-order valence-electron chi connectivity index (χ3n) is 9.80. The van der Waals surface area contributed by atoms with Crippen LogP contribution in [-0.2, 0) is 0 Å². The summed E-state index contributed by atoms with van der Waals surface area (Å²) in [6.07, 6.45) is 0. The van der Waals surface area contributed by atoms with Gasteiger partial charge in [0.1, 0.15) is 5.52 Å². The lowest BCUT2D eigenvalue weighted by atomic mass is 10.0. The predicted octanol–water partition coefficient (Wildman–Crippen LogP) is 13.1. The van der Waals surface area contributed by atoms with E-state index in [4.69, 9.17) is 24.4 Å². The summed E-state index contributed by atoms with van der Waals surface area (Å²) in [6, 6.07) is 54.5. The van der Waals surface area contributed by atoms with Gasteiger partial charge in [-0.1, -0.05) is 115 Å². The van der Waals surface area contributed by atoms with Crippen LogP contribution in [0.5, 0.6) is 0 Å². The highest BCUT2D eigenvalue weighted by molar-refractivity contribution is 7.26. The SMILES string of the molecule is c1ccc(-c2ccc(-c3nc(-c4ccccc4)nc(-c4ccc5sc6ccc7nc(-c8cccc9c8sc8ccccc89)oc7c6c5c4)n3)cc2)cc1. The van der Waals surface area contributed by atoms with Crippen molar-refractivity contribution in [2.24, 2.45) is 0 Å². The van der Waals surface area contributed by atoms with Gasteiger partial charge in [-0.2, -0.15) is 0 Å². The molecule has 0 spiro atoms. The Morgan fingerprint density at radius 2 is 0.981 bits per heavy atom. The Bertz CT molecular complexity index is 3160. The highest BCUT2D eigenvalue weighted by atomic mass is 32.1. The maximum atomic E-state index is 6.74. The van der Waals surface area contributed by atoms with Gasteiger partial charge in [0, 0.05) is 57.0 Å². The van der Waals surface area contributed by atoms with Crippen LogP contribution in [0.25, 0.3) is 108 Å². The zero-order valence-electron chi connectivity index (χ0n) is 28.0. The van der Waals surface area contributed by atoms with Gasteiger partial charge in [0.05, 0.1) is 5.56 Å². The van der Waals surface area contributed by atoms with E-state index < -0.39 is 0 Å². The van der Waals surface area contributed by atoms with E-state index in [0.717, 1.165) is 59.1 Å². The van der Waals surface area contributed by atoms with E-state index in [-0.39, 0.29) is 0 Å². The van der Waals surface area contributed by atoms with Crippen LogP contribution in [0, 0.1) is 0 Å². The number of aromatic nitrogens is 4. The average Bonchev–Trinajstić information content (AvgIpc) is 3.94. The molecule has 7 heteroatoms. The first-order chi connectivity index (χ1) is 26.2. The molecule has 4 aromatic heterocycles. The Labute approximate surface area is 311 Å². The summed E-state index contributed by atoms with van der Waals surface area (Å²) in [5.41, 5.74) is 7.72. The fraction of sp³-hybridized carbons (Fsp3) is 0. The molecule has 0 fully saturated rings. The normalized spacial score (nSPS) is 11.8. The average molecular weight is 715 g/mol. The number of rotatable bonds is 5. The van der Waals surface area contributed by atoms with Crippen molar-refractivity contribution >= 4 is 74.1 Å². The number of benzene rings is 7. The van der Waals surface area contributed by atoms with Crippen molar-refractivity contribution < 1.29 is 4.42 Å². The van der Waals surface area contributed by atoms with Crippen LogP contribution in [-0.4, -0.2) is 19.9 Å². The highest BCUT2D eigenvalue weighted by Crippen LogP contribution is 2.44. The van der Waals surface area contributed by atoms with Crippen LogP contribution in [0.15, 0.2) is 162 Å². The second-order valence-electron chi connectivity index (χ2n) is 13.0. The monoisotopic (exact) mass is 714 g/mol. The minimum atomic E-state index is 0.615. The van der Waals surface area contributed by atoms with Crippen LogP contribution < -0.4 is 0 Å². The third-order valence-corrected chi connectivity index (χ3v) is 12.2. The fourth-order valence-electron chi connectivity index (χ4n) is 7.21. The van der Waals surface area contributed by atoms with Crippen LogP contribution in [0.1, 0.15) is 0 Å². The molecule has 0 atom stereocenters. The van der Waals surface area contributed by atoms with Crippen molar-refractivity contribution in [2.75, 3.05) is 0 Å². The largest absolute Gasteiger partial charge is 0.435 e. The standard InChI is InChI=1S/C46H26N4OS2/c1-3-10-27(11-4-1)28-18-20-30(21-19-28)44-48-43(29-12-5-2-6-13-29)49-45(50-44)31-22-24-38-35(26-31)40-39(52-38)25-23-36-41(40)51-46(47-36)34-16-9-15-33-32-14-7-8-17-37(32)53-42(33)34/h1-26H. The summed E-state index contributed by atoms with van der Waals surface area (Å²) >= 11 is 3.53. The van der Waals surface area contributed by atoms with Crippen molar-refractivity contribution in [3.63, 3.8) is 0 Å². The first-order valence-corrected chi connectivity index (χ1v) is 19.0. The molecule has 53 heavy (non-hydrogen) atoms. The molecular weight excluding hydrogens is 689 g/mol. The Hall–Kier alpha value is -6.54. The van der Waals surface area contributed by atoms with Crippen LogP contribution >= 0.6 is 22.7 Å². The molecular formula is C46H26N4OS2. The van der Waals surface area contributed by atoms with Crippen LogP contribution in [0.4, 0.5) is 0 Å². The van der Waals surface area contributed by atoms with Crippen molar-refractivity contribution in [1.82, 2.24) is 19.9 Å². The molecule has 7 aromatic carbocycles. The lowest BCUT2D eigenvalue weighted by Crippen LogP contribution is -2.00. The number of oxazole rings is 1. The molecule has 11 aromatic rings. The zero-order chi connectivity index (χ0) is 34.9. The first kappa shape index (κ1) is 30.1. The number of thiophene rings is 2. The third kappa shape index (κ3) is 5.04. The van der Waals surface area contributed by atoms with E-state index in [0.29, 0.717) is 23.4 Å². The number of hydrogen-bond donors (Lipinski definition) is 0. The Kier molecular flexibility index (Phi) is 6.83. The van der Waals surface area contributed by atoms with E-state index in [1.807, 2.05) is 36.4 Å². The maximum Gasteiger partial charge on any atom is 0.228 e. The Balaban J connectivity index is 1.06. The Morgan fingerprint density at radius 3 is 1.77 bits per heavy atom. The van der Waals surface area contributed by atoms with Crippen molar-refractivity contribution in [1.29, 1.82) is 0 Å². The van der Waals surface area contributed by atoms with Gasteiger partial charge >= 0.3 is 0 Å². The molecule has 0 N–H and O–H groups in total. The quantitative estimate of drug-likeness (QED) is 0.178. The lowest BCUT2D eigenvalue weighted by Gasteiger charge is -2.09. The van der Waals surface area contributed by atoms with Gasteiger partial charge < -0.3 is 4.42 Å². The molecule has 248 valence electrons. The molecule has 11 rings (SSSR count). The van der Waals surface area contributed by atoms with Crippen molar-refractivity contribution in [3.05, 3.63) is 158 Å². The van der Waals surface area contributed by atoms with Gasteiger partial charge in [-0.15, -0.1) is 22.7 Å². The molecule has 0 radical (unpaired) electrons. The zero-order valence-corrected chi connectivity index (χ0v) is 29.7. The van der Waals surface area contributed by atoms with Gasteiger partial charge in [-0.25, -0.2) is 19.9 Å². The fourth-order valence-corrected chi connectivity index (χ4v) is 9.50. The van der Waals surface area contributed by atoms with Gasteiger partial charge in [0.2, 0.25) is 5.89 Å². The molecule has 0 saturated carbocycles. The molecule has 4 heterocycles. The van der Waals surface area contributed by atoms with Crippen LogP contribution in [0.2, 0.25) is 0 Å². The maximum absolute atomic E-state index is 6.74. The second kappa shape index (κ2) is 12.0. The van der Waals surface area contributed by atoms with Crippen molar-refractivity contribution in [3.8, 4) is 56.7 Å². The summed E-state index contributed by atoms with van der Waals surface area (Å²) in [5.74, 6) is 2.50. The highest BCUT2D eigenvalue weighted by Gasteiger charge is 2.20. The summed E-state index contributed by atoms with van der Waals surface area (Å²) < 4.78 is 11.5. The van der Waals surface area contributed by atoms with Crippen molar-refractivity contribution in [2.45, 2.75) is 0 Å². The van der Waals surface area contributed by atoms with Gasteiger partial charge in [0.15, 0.2) is 23.1 Å². The number of fused-ring (bicyclic) bond motifs is 8. The molecule has 0 aliphatic heterocycles. The summed E-state index contributed by atoms with van der Waals surface area (Å²) in [7, 11) is 0. The molecule has 0 saturated heterocycles.